The van der Waals surface area contributed by atoms with Crippen LogP contribution in [0.25, 0.3) is 11.1 Å². The lowest BCUT2D eigenvalue weighted by atomic mass is 10.1. The molecule has 0 saturated heterocycles. The molecule has 1 nitrogen and oxygen atoms in total. The summed E-state index contributed by atoms with van der Waals surface area (Å²) >= 11 is 5.94. The summed E-state index contributed by atoms with van der Waals surface area (Å²) in [6, 6.07) is 16.1. The smallest absolute Gasteiger partial charge is 0.0412 e. The molecule has 0 unspecified atom stereocenters. The molecule has 2 rings (SSSR count). The first kappa shape index (κ1) is 10.1. The number of rotatable bonds is 2. The average molecular weight is 218 g/mol. The monoisotopic (exact) mass is 217 g/mol. The molecule has 0 amide bonds. The minimum atomic E-state index is 0.769. The second-order valence-corrected chi connectivity index (χ2v) is 3.77. The molecule has 0 aliphatic carbocycles. The van der Waals surface area contributed by atoms with Gasteiger partial charge in [0.15, 0.2) is 0 Å². The van der Waals surface area contributed by atoms with E-state index in [4.69, 9.17) is 11.6 Å². The van der Waals surface area contributed by atoms with Gasteiger partial charge in [0.1, 0.15) is 0 Å². The molecule has 2 aromatic rings. The van der Waals surface area contributed by atoms with Crippen LogP contribution in [-0.4, -0.2) is 7.05 Å². The van der Waals surface area contributed by atoms with Crippen molar-refractivity contribution in [2.24, 2.45) is 0 Å². The number of hydrogen-bond acceptors (Lipinski definition) is 1. The van der Waals surface area contributed by atoms with Crippen molar-refractivity contribution in [1.82, 2.24) is 0 Å². The zero-order chi connectivity index (χ0) is 10.7. The fourth-order valence-corrected chi connectivity index (χ4v) is 1.69. The molecular formula is C13H12ClN. The summed E-state index contributed by atoms with van der Waals surface area (Å²) in [5.74, 6) is 0. The maximum Gasteiger partial charge on any atom is 0.0412 e. The standard InChI is InChI=1S/C13H12ClN/c1-15-13-7-5-10(6-8-13)11-3-2-4-12(14)9-11/h2-9,15H,1H3. The van der Waals surface area contributed by atoms with Crippen LogP contribution < -0.4 is 5.32 Å². The quantitative estimate of drug-likeness (QED) is 0.801. The van der Waals surface area contributed by atoms with Gasteiger partial charge >= 0.3 is 0 Å². The summed E-state index contributed by atoms with van der Waals surface area (Å²) in [6.07, 6.45) is 0. The average Bonchev–Trinajstić information content (AvgIpc) is 2.29. The maximum atomic E-state index is 5.94. The SMILES string of the molecule is CNc1ccc(-c2cccc(Cl)c2)cc1. The molecule has 0 aromatic heterocycles. The van der Waals surface area contributed by atoms with E-state index in [9.17, 15) is 0 Å². The summed E-state index contributed by atoms with van der Waals surface area (Å²) in [4.78, 5) is 0. The minimum absolute atomic E-state index is 0.769. The second-order valence-electron chi connectivity index (χ2n) is 3.34. The van der Waals surface area contributed by atoms with Gasteiger partial charge in [0.05, 0.1) is 0 Å². The van der Waals surface area contributed by atoms with E-state index in [2.05, 4.69) is 35.6 Å². The van der Waals surface area contributed by atoms with Crippen molar-refractivity contribution in [3.8, 4) is 11.1 Å². The van der Waals surface area contributed by atoms with E-state index >= 15 is 0 Å². The molecule has 0 heterocycles. The Morgan fingerprint density at radius 1 is 0.933 bits per heavy atom. The Morgan fingerprint density at radius 3 is 2.27 bits per heavy atom. The van der Waals surface area contributed by atoms with E-state index in [-0.39, 0.29) is 0 Å². The van der Waals surface area contributed by atoms with E-state index in [0.29, 0.717) is 0 Å². The summed E-state index contributed by atoms with van der Waals surface area (Å²) in [6.45, 7) is 0. The van der Waals surface area contributed by atoms with Gasteiger partial charge in [0.2, 0.25) is 0 Å². The number of nitrogens with one attached hydrogen (secondary N) is 1. The highest BCUT2D eigenvalue weighted by atomic mass is 35.5. The molecule has 0 aliphatic rings. The Labute approximate surface area is 94.7 Å². The van der Waals surface area contributed by atoms with Crippen LogP contribution in [-0.2, 0) is 0 Å². The third-order valence-corrected chi connectivity index (χ3v) is 2.57. The lowest BCUT2D eigenvalue weighted by Gasteiger charge is -2.04. The fraction of sp³-hybridized carbons (Fsp3) is 0.0769. The topological polar surface area (TPSA) is 12.0 Å². The van der Waals surface area contributed by atoms with Crippen LogP contribution >= 0.6 is 11.6 Å². The highest BCUT2D eigenvalue weighted by Gasteiger charge is 1.97. The first-order valence-electron chi connectivity index (χ1n) is 4.83. The molecule has 2 heteroatoms. The Bertz CT molecular complexity index is 448. The molecule has 0 radical (unpaired) electrons. The predicted octanol–water partition coefficient (Wildman–Crippen LogP) is 4.05. The molecule has 1 N–H and O–H groups in total. The van der Waals surface area contributed by atoms with Crippen LogP contribution in [0.2, 0.25) is 5.02 Å². The predicted molar refractivity (Wildman–Crippen MR) is 66.4 cm³/mol. The van der Waals surface area contributed by atoms with Gasteiger partial charge in [0.25, 0.3) is 0 Å². The van der Waals surface area contributed by atoms with Crippen molar-refractivity contribution in [2.75, 3.05) is 12.4 Å². The lowest BCUT2D eigenvalue weighted by Crippen LogP contribution is -1.86. The van der Waals surface area contributed by atoms with Crippen LogP contribution in [0.5, 0.6) is 0 Å². The lowest BCUT2D eigenvalue weighted by molar-refractivity contribution is 1.51. The second kappa shape index (κ2) is 4.37. The van der Waals surface area contributed by atoms with Crippen molar-refractivity contribution in [3.05, 3.63) is 53.6 Å². The molecule has 0 aliphatic heterocycles. The Kier molecular flexibility index (Phi) is 2.93. The molecule has 76 valence electrons. The first-order chi connectivity index (χ1) is 7.29. The van der Waals surface area contributed by atoms with Gasteiger partial charge in [-0.25, -0.2) is 0 Å². The van der Waals surface area contributed by atoms with Gasteiger partial charge in [-0.2, -0.15) is 0 Å². The third-order valence-electron chi connectivity index (χ3n) is 2.33. The van der Waals surface area contributed by atoms with Gasteiger partial charge in [-0.1, -0.05) is 35.9 Å². The number of anilines is 1. The Morgan fingerprint density at radius 2 is 1.67 bits per heavy atom. The fourth-order valence-electron chi connectivity index (χ4n) is 1.50. The number of halogens is 1. The van der Waals surface area contributed by atoms with Crippen LogP contribution in [0.3, 0.4) is 0 Å². The molecule has 0 saturated carbocycles. The van der Waals surface area contributed by atoms with Crippen molar-refractivity contribution in [1.29, 1.82) is 0 Å². The van der Waals surface area contributed by atoms with Crippen LogP contribution in [0, 0.1) is 0 Å². The van der Waals surface area contributed by atoms with Gasteiger partial charge in [-0.15, -0.1) is 0 Å². The zero-order valence-electron chi connectivity index (χ0n) is 8.50. The minimum Gasteiger partial charge on any atom is -0.388 e. The van der Waals surface area contributed by atoms with Crippen LogP contribution in [0.4, 0.5) is 5.69 Å². The van der Waals surface area contributed by atoms with Crippen molar-refractivity contribution < 1.29 is 0 Å². The van der Waals surface area contributed by atoms with Crippen molar-refractivity contribution >= 4 is 17.3 Å². The summed E-state index contributed by atoms with van der Waals surface area (Å²) in [5.41, 5.74) is 3.43. The number of hydrogen-bond donors (Lipinski definition) is 1. The largest absolute Gasteiger partial charge is 0.388 e. The maximum absolute atomic E-state index is 5.94. The van der Waals surface area contributed by atoms with E-state index in [0.717, 1.165) is 16.3 Å². The molecule has 0 fully saturated rings. The van der Waals surface area contributed by atoms with Gasteiger partial charge in [-0.3, -0.25) is 0 Å². The van der Waals surface area contributed by atoms with Gasteiger partial charge in [-0.05, 0) is 35.4 Å². The van der Waals surface area contributed by atoms with Crippen molar-refractivity contribution in [2.45, 2.75) is 0 Å². The normalized spacial score (nSPS) is 10.0. The van der Waals surface area contributed by atoms with E-state index in [1.54, 1.807) is 0 Å². The highest BCUT2D eigenvalue weighted by molar-refractivity contribution is 6.30. The molecule has 0 atom stereocenters. The molecule has 15 heavy (non-hydrogen) atoms. The highest BCUT2D eigenvalue weighted by Crippen LogP contribution is 2.23. The third kappa shape index (κ3) is 2.31. The van der Waals surface area contributed by atoms with Crippen LogP contribution in [0.1, 0.15) is 0 Å². The van der Waals surface area contributed by atoms with Crippen LogP contribution in [0.15, 0.2) is 48.5 Å². The molecular weight excluding hydrogens is 206 g/mol. The van der Waals surface area contributed by atoms with Gasteiger partial charge in [0, 0.05) is 17.8 Å². The van der Waals surface area contributed by atoms with E-state index in [1.165, 1.54) is 5.56 Å². The van der Waals surface area contributed by atoms with Crippen molar-refractivity contribution in [3.63, 3.8) is 0 Å². The summed E-state index contributed by atoms with van der Waals surface area (Å²) in [7, 11) is 1.91. The molecule has 0 spiro atoms. The first-order valence-corrected chi connectivity index (χ1v) is 5.21. The summed E-state index contributed by atoms with van der Waals surface area (Å²) < 4.78 is 0. The zero-order valence-corrected chi connectivity index (χ0v) is 9.25. The molecule has 0 bridgehead atoms. The van der Waals surface area contributed by atoms with E-state index in [1.807, 2.05) is 25.2 Å². The molecule has 2 aromatic carbocycles. The summed E-state index contributed by atoms with van der Waals surface area (Å²) in [5, 5.41) is 3.86. The Balaban J connectivity index is 2.37. The van der Waals surface area contributed by atoms with E-state index < -0.39 is 0 Å². The Hall–Kier alpha value is -1.47. The number of benzene rings is 2. The van der Waals surface area contributed by atoms with Gasteiger partial charge < -0.3 is 5.32 Å².